The van der Waals surface area contributed by atoms with Crippen LogP contribution in [-0.4, -0.2) is 59.4 Å². The highest BCUT2D eigenvalue weighted by atomic mass is 32.2. The highest BCUT2D eigenvalue weighted by Gasteiger charge is 2.26. The lowest BCUT2D eigenvalue weighted by molar-refractivity contribution is -0.136. The second kappa shape index (κ2) is 10.1. The van der Waals surface area contributed by atoms with Gasteiger partial charge in [-0.2, -0.15) is 0 Å². The summed E-state index contributed by atoms with van der Waals surface area (Å²) in [5, 5.41) is 12.7. The molecule has 11 heteroatoms. The molecule has 2 unspecified atom stereocenters. The molecule has 7 nitrogen and oxygen atoms in total. The molecule has 3 heterocycles. The Bertz CT molecular complexity index is 1270. The fraction of sp³-hybridized carbons (Fsp3) is 0.364. The summed E-state index contributed by atoms with van der Waals surface area (Å²) in [7, 11) is -2.06. The number of H-pyrrole nitrogens is 1. The van der Waals surface area contributed by atoms with E-state index in [1.165, 1.54) is 27.4 Å². The zero-order valence-corrected chi connectivity index (χ0v) is 21.5. The molecule has 0 fully saturated rings. The number of carboxylic acid groups (broad SMARTS) is 1. The van der Waals surface area contributed by atoms with Gasteiger partial charge in [-0.15, -0.1) is 23.1 Å². The van der Waals surface area contributed by atoms with Crippen molar-refractivity contribution in [3.63, 3.8) is 0 Å². The van der Waals surface area contributed by atoms with Crippen molar-refractivity contribution in [2.75, 3.05) is 23.7 Å². The van der Waals surface area contributed by atoms with Crippen LogP contribution in [0.3, 0.4) is 0 Å². The molecule has 0 aliphatic carbocycles. The van der Waals surface area contributed by atoms with Gasteiger partial charge >= 0.3 is 5.97 Å². The minimum absolute atomic E-state index is 0.304. The molecule has 1 aliphatic rings. The second-order valence-electron chi connectivity index (χ2n) is 7.61. The Labute approximate surface area is 205 Å². The third-order valence-electron chi connectivity index (χ3n) is 5.44. The number of aliphatic carboxylic acids is 1. The quantitative estimate of drug-likeness (QED) is 0.392. The molecule has 3 aromatic rings. The van der Waals surface area contributed by atoms with E-state index in [4.69, 9.17) is 4.99 Å². The first-order valence-electron chi connectivity index (χ1n) is 10.5. The predicted molar refractivity (Wildman–Crippen MR) is 140 cm³/mol. The van der Waals surface area contributed by atoms with Crippen LogP contribution in [-0.2, 0) is 14.8 Å². The molecule has 176 valence electrons. The van der Waals surface area contributed by atoms with Gasteiger partial charge in [-0.3, -0.25) is 14.1 Å². The Balaban J connectivity index is 1.48. The van der Waals surface area contributed by atoms with Crippen molar-refractivity contribution in [2.24, 2.45) is 4.99 Å². The molecule has 0 saturated heterocycles. The highest BCUT2D eigenvalue weighted by molar-refractivity contribution is 8.15. The van der Waals surface area contributed by atoms with Crippen molar-refractivity contribution in [3.05, 3.63) is 47.5 Å². The molecule has 0 amide bonds. The van der Waals surface area contributed by atoms with Crippen LogP contribution in [0.15, 0.2) is 51.0 Å². The van der Waals surface area contributed by atoms with Crippen molar-refractivity contribution in [1.29, 1.82) is 0 Å². The standard InChI is InChI=1S/C22H25N3O4S4/c1-3-18(22(26)27)30-11-9-15-13-23-21(32-15)16-12-14-6-4-7-17(20(14)24-16)25(2)33(28,29)19-8-5-10-31-19/h4-8,10,12,15,18,24H,3,9,11,13H2,1-2H3,(H,26,27). The number of aromatic amines is 1. The van der Waals surface area contributed by atoms with Gasteiger partial charge in [-0.05, 0) is 42.2 Å². The number of benzene rings is 1. The average molecular weight is 524 g/mol. The van der Waals surface area contributed by atoms with Crippen molar-refractivity contribution in [3.8, 4) is 0 Å². The van der Waals surface area contributed by atoms with Crippen molar-refractivity contribution < 1.29 is 18.3 Å². The Morgan fingerprint density at radius 3 is 2.88 bits per heavy atom. The fourth-order valence-electron chi connectivity index (χ4n) is 3.61. The maximum absolute atomic E-state index is 13.0. The van der Waals surface area contributed by atoms with Crippen LogP contribution in [0, 0.1) is 0 Å². The van der Waals surface area contributed by atoms with Crippen LogP contribution in [0.1, 0.15) is 25.5 Å². The number of hydrogen-bond acceptors (Lipinski definition) is 7. The maximum atomic E-state index is 13.0. The van der Waals surface area contributed by atoms with E-state index in [2.05, 4.69) is 4.98 Å². The maximum Gasteiger partial charge on any atom is 0.316 e. The summed E-state index contributed by atoms with van der Waals surface area (Å²) < 4.78 is 27.6. The third kappa shape index (κ3) is 5.11. The van der Waals surface area contributed by atoms with Gasteiger partial charge in [0.2, 0.25) is 0 Å². The summed E-state index contributed by atoms with van der Waals surface area (Å²) in [6, 6.07) is 10.9. The smallest absolute Gasteiger partial charge is 0.316 e. The van der Waals surface area contributed by atoms with E-state index in [9.17, 15) is 18.3 Å². The molecule has 1 aromatic carbocycles. The van der Waals surface area contributed by atoms with E-state index >= 15 is 0 Å². The van der Waals surface area contributed by atoms with Crippen molar-refractivity contribution in [1.82, 2.24) is 4.98 Å². The molecule has 4 rings (SSSR count). The molecule has 1 aliphatic heterocycles. The number of thiophene rings is 1. The number of aromatic nitrogens is 1. The number of anilines is 1. The van der Waals surface area contributed by atoms with Gasteiger partial charge in [-0.25, -0.2) is 8.42 Å². The molecule has 0 radical (unpaired) electrons. The van der Waals surface area contributed by atoms with Gasteiger partial charge in [0.15, 0.2) is 0 Å². The lowest BCUT2D eigenvalue weighted by Crippen LogP contribution is -2.26. The number of carboxylic acids is 1. The van der Waals surface area contributed by atoms with Crippen molar-refractivity contribution in [2.45, 2.75) is 34.5 Å². The van der Waals surface area contributed by atoms with E-state index in [1.54, 1.807) is 42.4 Å². The zero-order chi connectivity index (χ0) is 23.6. The second-order valence-corrected chi connectivity index (χ2v) is 13.4. The molecule has 2 N–H and O–H groups in total. The topological polar surface area (TPSA) is 103 Å². The van der Waals surface area contributed by atoms with E-state index in [-0.39, 0.29) is 5.25 Å². The van der Waals surface area contributed by atoms with Crippen molar-refractivity contribution >= 4 is 72.5 Å². The van der Waals surface area contributed by atoms with Crippen LogP contribution in [0.25, 0.3) is 10.9 Å². The predicted octanol–water partition coefficient (Wildman–Crippen LogP) is 4.90. The third-order valence-corrected chi connectivity index (χ3v) is 11.3. The minimum Gasteiger partial charge on any atom is -0.480 e. The lowest BCUT2D eigenvalue weighted by Gasteiger charge is -2.19. The Morgan fingerprint density at radius 2 is 2.18 bits per heavy atom. The van der Waals surface area contributed by atoms with Crippen LogP contribution >= 0.6 is 34.9 Å². The molecule has 2 atom stereocenters. The normalized spacial score (nSPS) is 17.3. The van der Waals surface area contributed by atoms with E-state index in [1.807, 2.05) is 25.1 Å². The number of fused-ring (bicyclic) bond motifs is 1. The molecular formula is C22H25N3O4S4. The Hall–Kier alpha value is -1.95. The Morgan fingerprint density at radius 1 is 1.36 bits per heavy atom. The van der Waals surface area contributed by atoms with Gasteiger partial charge in [0, 0.05) is 17.7 Å². The molecule has 0 bridgehead atoms. The average Bonchev–Trinajstić information content (AvgIpc) is 3.55. The van der Waals surface area contributed by atoms with E-state index in [0.717, 1.165) is 33.8 Å². The minimum atomic E-state index is -3.63. The Kier molecular flexibility index (Phi) is 7.42. The number of nitrogens with one attached hydrogen (secondary N) is 1. The molecular weight excluding hydrogens is 499 g/mol. The number of sulfonamides is 1. The first kappa shape index (κ1) is 24.2. The van der Waals surface area contributed by atoms with Gasteiger partial charge in [0.1, 0.15) is 14.5 Å². The largest absolute Gasteiger partial charge is 0.480 e. The van der Waals surface area contributed by atoms with Gasteiger partial charge in [-0.1, -0.05) is 36.9 Å². The number of aliphatic imine (C=N–C) groups is 1. The van der Waals surface area contributed by atoms with E-state index in [0.29, 0.717) is 28.1 Å². The summed E-state index contributed by atoms with van der Waals surface area (Å²) >= 11 is 4.38. The number of carbonyl (C=O) groups is 1. The first-order chi connectivity index (χ1) is 15.8. The molecule has 33 heavy (non-hydrogen) atoms. The molecule has 0 spiro atoms. The summed E-state index contributed by atoms with van der Waals surface area (Å²) in [4.78, 5) is 19.3. The van der Waals surface area contributed by atoms with Gasteiger partial charge in [0.05, 0.1) is 23.4 Å². The molecule has 0 saturated carbocycles. The van der Waals surface area contributed by atoms with E-state index < -0.39 is 16.0 Å². The number of nitrogens with zero attached hydrogens (tertiary/aromatic N) is 2. The SMILES string of the molecule is CCC(SCCC1CN=C(c2cc3cccc(N(C)S(=O)(=O)c4cccs4)c3[nH]2)S1)C(=O)O. The number of para-hydroxylation sites is 1. The summed E-state index contributed by atoms with van der Waals surface area (Å²) in [5.74, 6) is 0.0338. The monoisotopic (exact) mass is 523 g/mol. The van der Waals surface area contributed by atoms with Gasteiger partial charge < -0.3 is 10.1 Å². The summed E-state index contributed by atoms with van der Waals surface area (Å²) in [5.41, 5.74) is 2.21. The van der Waals surface area contributed by atoms with Crippen LogP contribution in [0.2, 0.25) is 0 Å². The van der Waals surface area contributed by atoms with Crippen LogP contribution in [0.5, 0.6) is 0 Å². The summed E-state index contributed by atoms with van der Waals surface area (Å²) in [6.45, 7) is 2.59. The molecule has 2 aromatic heterocycles. The van der Waals surface area contributed by atoms with Gasteiger partial charge in [0.25, 0.3) is 10.0 Å². The van der Waals surface area contributed by atoms with Crippen LogP contribution < -0.4 is 4.31 Å². The fourth-order valence-corrected chi connectivity index (χ4v) is 8.30. The highest BCUT2D eigenvalue weighted by Crippen LogP contribution is 2.34. The summed E-state index contributed by atoms with van der Waals surface area (Å²) in [6.07, 6.45) is 1.51. The number of rotatable bonds is 10. The van der Waals surface area contributed by atoms with Crippen LogP contribution in [0.4, 0.5) is 5.69 Å². The lowest BCUT2D eigenvalue weighted by atomic mass is 10.2. The number of thioether (sulfide) groups is 2. The zero-order valence-electron chi connectivity index (χ0n) is 18.2. The number of hydrogen-bond donors (Lipinski definition) is 2. The first-order valence-corrected chi connectivity index (χ1v) is 14.8.